The predicted octanol–water partition coefficient (Wildman–Crippen LogP) is 1.04. The molecule has 0 spiro atoms. The molecule has 1 amide bonds. The third-order valence-corrected chi connectivity index (χ3v) is 2.23. The highest BCUT2D eigenvalue weighted by molar-refractivity contribution is 5.91. The van der Waals surface area contributed by atoms with Crippen LogP contribution in [0.25, 0.3) is 0 Å². The number of aromatic nitrogens is 2. The molecule has 1 atom stereocenters. The van der Waals surface area contributed by atoms with E-state index < -0.39 is 0 Å². The molecule has 88 valence electrons. The first kappa shape index (κ1) is 12.6. The summed E-state index contributed by atoms with van der Waals surface area (Å²) in [4.78, 5) is 19.7. The van der Waals surface area contributed by atoms with Gasteiger partial charge in [-0.05, 0) is 12.3 Å². The lowest BCUT2D eigenvalue weighted by Gasteiger charge is -2.16. The standard InChI is InChI=1S/C11H18N4O/c1-8(2)5-9(6-12)11(16)15-10-7-13-3-4-14-10/h3-4,7-9H,5-6,12H2,1-2H3,(H,14,15,16). The van der Waals surface area contributed by atoms with Gasteiger partial charge in [0.15, 0.2) is 5.82 Å². The number of hydrogen-bond acceptors (Lipinski definition) is 4. The molecule has 0 aliphatic rings. The summed E-state index contributed by atoms with van der Waals surface area (Å²) in [5, 5.41) is 2.71. The summed E-state index contributed by atoms with van der Waals surface area (Å²) in [6.45, 7) is 4.49. The number of carbonyl (C=O) groups excluding carboxylic acids is 1. The molecule has 5 heteroatoms. The van der Waals surface area contributed by atoms with Gasteiger partial charge in [0.25, 0.3) is 0 Å². The molecule has 5 nitrogen and oxygen atoms in total. The molecule has 1 rings (SSSR count). The van der Waals surface area contributed by atoms with Gasteiger partial charge < -0.3 is 11.1 Å². The van der Waals surface area contributed by atoms with Gasteiger partial charge in [-0.3, -0.25) is 9.78 Å². The van der Waals surface area contributed by atoms with Crippen LogP contribution in [0.5, 0.6) is 0 Å². The fourth-order valence-corrected chi connectivity index (χ4v) is 1.47. The first-order valence-corrected chi connectivity index (χ1v) is 5.40. The van der Waals surface area contributed by atoms with E-state index in [-0.39, 0.29) is 11.8 Å². The molecule has 0 bridgehead atoms. The highest BCUT2D eigenvalue weighted by atomic mass is 16.1. The van der Waals surface area contributed by atoms with Crippen LogP contribution in [-0.4, -0.2) is 22.4 Å². The average Bonchev–Trinajstić information content (AvgIpc) is 2.26. The number of nitrogens with one attached hydrogen (secondary N) is 1. The van der Waals surface area contributed by atoms with E-state index in [1.807, 2.05) is 0 Å². The summed E-state index contributed by atoms with van der Waals surface area (Å²) in [5.74, 6) is 0.662. The third kappa shape index (κ3) is 3.94. The quantitative estimate of drug-likeness (QED) is 0.779. The lowest BCUT2D eigenvalue weighted by molar-refractivity contribution is -0.120. The second kappa shape index (κ2) is 6.17. The molecular weight excluding hydrogens is 204 g/mol. The maximum Gasteiger partial charge on any atom is 0.229 e. The van der Waals surface area contributed by atoms with Crippen molar-refractivity contribution >= 4 is 11.7 Å². The van der Waals surface area contributed by atoms with Gasteiger partial charge in [0, 0.05) is 18.9 Å². The van der Waals surface area contributed by atoms with E-state index in [1.54, 1.807) is 6.20 Å². The SMILES string of the molecule is CC(C)CC(CN)C(=O)Nc1cnccn1. The van der Waals surface area contributed by atoms with Crippen LogP contribution in [0.2, 0.25) is 0 Å². The van der Waals surface area contributed by atoms with Crippen LogP contribution in [0.1, 0.15) is 20.3 Å². The number of rotatable bonds is 5. The van der Waals surface area contributed by atoms with Crippen LogP contribution in [0, 0.1) is 11.8 Å². The number of carbonyl (C=O) groups is 1. The molecule has 16 heavy (non-hydrogen) atoms. The van der Waals surface area contributed by atoms with Crippen molar-refractivity contribution < 1.29 is 4.79 Å². The molecule has 0 saturated heterocycles. The van der Waals surface area contributed by atoms with Crippen molar-refractivity contribution in [2.75, 3.05) is 11.9 Å². The highest BCUT2D eigenvalue weighted by Gasteiger charge is 2.18. The first-order valence-electron chi connectivity index (χ1n) is 5.40. The third-order valence-electron chi connectivity index (χ3n) is 2.23. The molecule has 0 aromatic carbocycles. The zero-order chi connectivity index (χ0) is 12.0. The Kier molecular flexibility index (Phi) is 4.85. The minimum absolute atomic E-state index is 0.0864. The first-order chi connectivity index (χ1) is 7.63. The maximum absolute atomic E-state index is 11.8. The van der Waals surface area contributed by atoms with Gasteiger partial charge in [-0.15, -0.1) is 0 Å². The topological polar surface area (TPSA) is 80.9 Å². The lowest BCUT2D eigenvalue weighted by atomic mass is 9.96. The van der Waals surface area contributed by atoms with Crippen LogP contribution >= 0.6 is 0 Å². The van der Waals surface area contributed by atoms with E-state index in [0.717, 1.165) is 6.42 Å². The van der Waals surface area contributed by atoms with E-state index in [0.29, 0.717) is 18.3 Å². The van der Waals surface area contributed by atoms with Gasteiger partial charge >= 0.3 is 0 Å². The Morgan fingerprint density at radius 2 is 2.25 bits per heavy atom. The van der Waals surface area contributed by atoms with Crippen molar-refractivity contribution in [2.45, 2.75) is 20.3 Å². The Morgan fingerprint density at radius 3 is 2.75 bits per heavy atom. The Morgan fingerprint density at radius 1 is 1.50 bits per heavy atom. The minimum atomic E-state index is -0.165. The predicted molar refractivity (Wildman–Crippen MR) is 62.7 cm³/mol. The Hall–Kier alpha value is -1.49. The summed E-state index contributed by atoms with van der Waals surface area (Å²) in [6.07, 6.45) is 5.39. The molecule has 1 unspecified atom stereocenters. The van der Waals surface area contributed by atoms with E-state index in [4.69, 9.17) is 5.73 Å². The molecule has 0 aliphatic heterocycles. The van der Waals surface area contributed by atoms with Crippen molar-refractivity contribution in [1.82, 2.24) is 9.97 Å². The second-order valence-electron chi connectivity index (χ2n) is 4.14. The van der Waals surface area contributed by atoms with Gasteiger partial charge in [0.2, 0.25) is 5.91 Å². The number of amides is 1. The van der Waals surface area contributed by atoms with Crippen molar-refractivity contribution in [1.29, 1.82) is 0 Å². The highest BCUT2D eigenvalue weighted by Crippen LogP contribution is 2.12. The fourth-order valence-electron chi connectivity index (χ4n) is 1.47. The molecule has 0 saturated carbocycles. The molecule has 0 fully saturated rings. The summed E-state index contributed by atoms with van der Waals surface area (Å²) in [7, 11) is 0. The van der Waals surface area contributed by atoms with Crippen molar-refractivity contribution in [2.24, 2.45) is 17.6 Å². The van der Waals surface area contributed by atoms with Gasteiger partial charge in [0.1, 0.15) is 0 Å². The van der Waals surface area contributed by atoms with E-state index >= 15 is 0 Å². The monoisotopic (exact) mass is 222 g/mol. The van der Waals surface area contributed by atoms with Gasteiger partial charge in [0.05, 0.1) is 12.1 Å². The normalized spacial score (nSPS) is 12.5. The van der Waals surface area contributed by atoms with Crippen molar-refractivity contribution in [3.63, 3.8) is 0 Å². The fraction of sp³-hybridized carbons (Fsp3) is 0.545. The lowest BCUT2D eigenvalue weighted by Crippen LogP contribution is -2.30. The molecule has 1 aromatic rings. The second-order valence-corrected chi connectivity index (χ2v) is 4.14. The van der Waals surface area contributed by atoms with E-state index in [2.05, 4.69) is 29.1 Å². The number of nitrogens with two attached hydrogens (primary N) is 1. The van der Waals surface area contributed by atoms with Crippen molar-refractivity contribution in [3.05, 3.63) is 18.6 Å². The molecule has 0 radical (unpaired) electrons. The summed E-state index contributed by atoms with van der Waals surface area (Å²) < 4.78 is 0. The zero-order valence-corrected chi connectivity index (χ0v) is 9.68. The van der Waals surface area contributed by atoms with Crippen LogP contribution in [0.4, 0.5) is 5.82 Å². The van der Waals surface area contributed by atoms with Crippen LogP contribution < -0.4 is 11.1 Å². The minimum Gasteiger partial charge on any atom is -0.330 e. The van der Waals surface area contributed by atoms with E-state index in [1.165, 1.54) is 12.4 Å². The Labute approximate surface area is 95.5 Å². The number of hydrogen-bond donors (Lipinski definition) is 2. The Bertz CT molecular complexity index is 326. The van der Waals surface area contributed by atoms with Crippen LogP contribution in [0.3, 0.4) is 0 Å². The van der Waals surface area contributed by atoms with E-state index in [9.17, 15) is 4.79 Å². The molecular formula is C11H18N4O. The zero-order valence-electron chi connectivity index (χ0n) is 9.68. The van der Waals surface area contributed by atoms with Gasteiger partial charge in [-0.25, -0.2) is 4.98 Å². The summed E-state index contributed by atoms with van der Waals surface area (Å²) in [5.41, 5.74) is 5.58. The largest absolute Gasteiger partial charge is 0.330 e. The number of nitrogens with zero attached hydrogens (tertiary/aromatic N) is 2. The molecule has 1 aromatic heterocycles. The summed E-state index contributed by atoms with van der Waals surface area (Å²) in [6, 6.07) is 0. The Balaban J connectivity index is 2.56. The van der Waals surface area contributed by atoms with Crippen molar-refractivity contribution in [3.8, 4) is 0 Å². The van der Waals surface area contributed by atoms with Gasteiger partial charge in [-0.2, -0.15) is 0 Å². The molecule has 3 N–H and O–H groups in total. The molecule has 1 heterocycles. The molecule has 0 aliphatic carbocycles. The summed E-state index contributed by atoms with van der Waals surface area (Å²) >= 11 is 0. The smallest absolute Gasteiger partial charge is 0.229 e. The maximum atomic E-state index is 11.8. The number of anilines is 1. The average molecular weight is 222 g/mol. The van der Waals surface area contributed by atoms with Crippen LogP contribution in [-0.2, 0) is 4.79 Å². The van der Waals surface area contributed by atoms with Crippen LogP contribution in [0.15, 0.2) is 18.6 Å². The van der Waals surface area contributed by atoms with Gasteiger partial charge in [-0.1, -0.05) is 13.8 Å².